The normalized spacial score (nSPS) is 11.8. The number of nitrogens with one attached hydrogen (secondary N) is 2. The second-order valence-electron chi connectivity index (χ2n) is 5.87. The average Bonchev–Trinajstić information content (AvgIpc) is 3.06. The first kappa shape index (κ1) is 18.2. The van der Waals surface area contributed by atoms with E-state index < -0.39 is 0 Å². The van der Waals surface area contributed by atoms with Crippen molar-refractivity contribution in [2.24, 2.45) is 0 Å². The van der Waals surface area contributed by atoms with Gasteiger partial charge in [-0.25, -0.2) is 0 Å². The number of aryl methyl sites for hydroxylation is 1. The Morgan fingerprint density at radius 2 is 1.79 bits per heavy atom. The highest BCUT2D eigenvalue weighted by molar-refractivity contribution is 7.09. The number of thiophene rings is 1. The smallest absolute Gasteiger partial charge is 0.227 e. The van der Waals surface area contributed by atoms with Crippen LogP contribution in [0.25, 0.3) is 0 Å². The molecule has 0 aliphatic carbocycles. The van der Waals surface area contributed by atoms with E-state index in [1.54, 1.807) is 11.3 Å². The number of carbonyl (C=O) groups excluding carboxylic acids is 2. The van der Waals surface area contributed by atoms with Crippen molar-refractivity contribution in [2.75, 3.05) is 13.1 Å². The lowest BCUT2D eigenvalue weighted by molar-refractivity contribution is -0.122. The van der Waals surface area contributed by atoms with E-state index in [0.717, 1.165) is 12.0 Å². The van der Waals surface area contributed by atoms with Gasteiger partial charge in [-0.3, -0.25) is 9.59 Å². The van der Waals surface area contributed by atoms with Crippen molar-refractivity contribution in [3.05, 3.63) is 57.8 Å². The van der Waals surface area contributed by atoms with E-state index >= 15 is 0 Å². The maximum Gasteiger partial charge on any atom is 0.227 e. The zero-order valence-electron chi connectivity index (χ0n) is 14.2. The van der Waals surface area contributed by atoms with Crippen LogP contribution >= 0.6 is 11.3 Å². The number of rotatable bonds is 8. The van der Waals surface area contributed by atoms with Crippen LogP contribution in [0.4, 0.5) is 0 Å². The molecule has 1 heterocycles. The molecule has 0 bridgehead atoms. The fourth-order valence-corrected chi connectivity index (χ4v) is 3.23. The van der Waals surface area contributed by atoms with E-state index in [1.165, 1.54) is 17.4 Å². The van der Waals surface area contributed by atoms with Crippen molar-refractivity contribution in [1.82, 2.24) is 10.6 Å². The summed E-state index contributed by atoms with van der Waals surface area (Å²) in [5.41, 5.74) is 2.22. The predicted molar refractivity (Wildman–Crippen MR) is 98.3 cm³/mol. The monoisotopic (exact) mass is 344 g/mol. The highest BCUT2D eigenvalue weighted by atomic mass is 32.1. The summed E-state index contributed by atoms with van der Waals surface area (Å²) in [5, 5.41) is 7.77. The zero-order valence-corrected chi connectivity index (χ0v) is 15.0. The van der Waals surface area contributed by atoms with Crippen LogP contribution in [0.3, 0.4) is 0 Å². The van der Waals surface area contributed by atoms with Gasteiger partial charge in [-0.2, -0.15) is 0 Å². The Morgan fingerprint density at radius 1 is 1.08 bits per heavy atom. The summed E-state index contributed by atoms with van der Waals surface area (Å²) in [4.78, 5) is 24.7. The zero-order chi connectivity index (χ0) is 17.4. The maximum absolute atomic E-state index is 12.7. The second kappa shape index (κ2) is 9.23. The van der Waals surface area contributed by atoms with Crippen LogP contribution in [0, 0.1) is 6.92 Å². The molecule has 2 N–H and O–H groups in total. The summed E-state index contributed by atoms with van der Waals surface area (Å²) < 4.78 is 0. The summed E-state index contributed by atoms with van der Waals surface area (Å²) in [6.07, 6.45) is 1.43. The Labute approximate surface area is 147 Å². The third-order valence-electron chi connectivity index (χ3n) is 3.81. The number of carbonyl (C=O) groups is 2. The van der Waals surface area contributed by atoms with Crippen molar-refractivity contribution < 1.29 is 9.59 Å². The Morgan fingerprint density at radius 3 is 2.42 bits per heavy atom. The van der Waals surface area contributed by atoms with Crippen molar-refractivity contribution >= 4 is 23.2 Å². The van der Waals surface area contributed by atoms with Gasteiger partial charge in [-0.15, -0.1) is 11.3 Å². The standard InChI is InChI=1S/C19H24N2O2S/c1-14-6-8-16(9-7-14)18(13-17-5-3-12-24-17)19(23)21-11-4-10-20-15(2)22/h3,5-9,12,18H,4,10-11,13H2,1-2H3,(H,20,22)(H,21,23). The number of benzene rings is 1. The maximum atomic E-state index is 12.7. The topological polar surface area (TPSA) is 58.2 Å². The number of hydrogen-bond acceptors (Lipinski definition) is 3. The Balaban J connectivity index is 1.97. The average molecular weight is 344 g/mol. The largest absolute Gasteiger partial charge is 0.356 e. The molecule has 128 valence electrons. The molecular formula is C19H24N2O2S. The van der Waals surface area contributed by atoms with E-state index in [0.29, 0.717) is 19.5 Å². The van der Waals surface area contributed by atoms with Gasteiger partial charge in [-0.1, -0.05) is 35.9 Å². The SMILES string of the molecule is CC(=O)NCCCNC(=O)C(Cc1cccs1)c1ccc(C)cc1. The van der Waals surface area contributed by atoms with Crippen LogP contribution in [-0.4, -0.2) is 24.9 Å². The molecule has 0 radical (unpaired) electrons. The van der Waals surface area contributed by atoms with E-state index in [2.05, 4.69) is 16.7 Å². The Bertz CT molecular complexity index is 651. The van der Waals surface area contributed by atoms with Crippen LogP contribution in [0.5, 0.6) is 0 Å². The van der Waals surface area contributed by atoms with Crippen LogP contribution in [0.15, 0.2) is 41.8 Å². The summed E-state index contributed by atoms with van der Waals surface area (Å²) in [7, 11) is 0. The first-order chi connectivity index (χ1) is 11.6. The first-order valence-electron chi connectivity index (χ1n) is 8.17. The summed E-state index contributed by atoms with van der Waals surface area (Å²) in [6.45, 7) is 4.68. The minimum atomic E-state index is -0.190. The third-order valence-corrected chi connectivity index (χ3v) is 4.71. The molecule has 24 heavy (non-hydrogen) atoms. The molecular weight excluding hydrogens is 320 g/mol. The highest BCUT2D eigenvalue weighted by Gasteiger charge is 2.21. The molecule has 2 amide bonds. The van der Waals surface area contributed by atoms with Crippen LogP contribution in [-0.2, 0) is 16.0 Å². The first-order valence-corrected chi connectivity index (χ1v) is 9.05. The van der Waals surface area contributed by atoms with Gasteiger partial charge in [0.1, 0.15) is 0 Å². The fourth-order valence-electron chi connectivity index (χ4n) is 2.48. The molecule has 1 atom stereocenters. The van der Waals surface area contributed by atoms with Gasteiger partial charge in [0.15, 0.2) is 0 Å². The fraction of sp³-hybridized carbons (Fsp3) is 0.368. The summed E-state index contributed by atoms with van der Waals surface area (Å²) in [6, 6.07) is 12.2. The molecule has 0 aliphatic heterocycles. The molecule has 2 rings (SSSR count). The van der Waals surface area contributed by atoms with E-state index in [-0.39, 0.29) is 17.7 Å². The van der Waals surface area contributed by atoms with E-state index in [1.807, 2.05) is 42.6 Å². The molecule has 1 aromatic heterocycles. The lowest BCUT2D eigenvalue weighted by atomic mass is 9.93. The second-order valence-corrected chi connectivity index (χ2v) is 6.91. The molecule has 0 saturated heterocycles. The van der Waals surface area contributed by atoms with Crippen molar-refractivity contribution in [3.63, 3.8) is 0 Å². The number of hydrogen-bond donors (Lipinski definition) is 2. The summed E-state index contributed by atoms with van der Waals surface area (Å²) >= 11 is 1.67. The molecule has 5 heteroatoms. The van der Waals surface area contributed by atoms with Crippen LogP contribution in [0.1, 0.15) is 35.3 Å². The highest BCUT2D eigenvalue weighted by Crippen LogP contribution is 2.24. The minimum absolute atomic E-state index is 0.0371. The van der Waals surface area contributed by atoms with Gasteiger partial charge < -0.3 is 10.6 Å². The van der Waals surface area contributed by atoms with Crippen molar-refractivity contribution in [3.8, 4) is 0 Å². The predicted octanol–water partition coefficient (Wildman–Crippen LogP) is 3.03. The lowest BCUT2D eigenvalue weighted by Gasteiger charge is -2.17. The molecule has 0 aliphatic rings. The van der Waals surface area contributed by atoms with Crippen LogP contribution in [0.2, 0.25) is 0 Å². The van der Waals surface area contributed by atoms with Gasteiger partial charge in [0, 0.05) is 24.9 Å². The van der Waals surface area contributed by atoms with E-state index in [4.69, 9.17) is 0 Å². The minimum Gasteiger partial charge on any atom is -0.356 e. The van der Waals surface area contributed by atoms with Gasteiger partial charge >= 0.3 is 0 Å². The molecule has 1 aromatic carbocycles. The molecule has 0 spiro atoms. The molecule has 4 nitrogen and oxygen atoms in total. The quantitative estimate of drug-likeness (QED) is 0.723. The van der Waals surface area contributed by atoms with Gasteiger partial charge in [0.25, 0.3) is 0 Å². The third kappa shape index (κ3) is 5.81. The number of amides is 2. The van der Waals surface area contributed by atoms with Gasteiger partial charge in [0.05, 0.1) is 5.92 Å². The Hall–Kier alpha value is -2.14. The van der Waals surface area contributed by atoms with Crippen molar-refractivity contribution in [1.29, 1.82) is 0 Å². The Kier molecular flexibility index (Phi) is 7.00. The van der Waals surface area contributed by atoms with E-state index in [9.17, 15) is 9.59 Å². The van der Waals surface area contributed by atoms with Crippen LogP contribution < -0.4 is 10.6 Å². The van der Waals surface area contributed by atoms with Gasteiger partial charge in [0.2, 0.25) is 11.8 Å². The lowest BCUT2D eigenvalue weighted by Crippen LogP contribution is -2.33. The molecule has 0 saturated carbocycles. The molecule has 0 fully saturated rings. The summed E-state index contributed by atoms with van der Waals surface area (Å²) in [5.74, 6) is -0.198. The van der Waals surface area contributed by atoms with Crippen molar-refractivity contribution in [2.45, 2.75) is 32.6 Å². The molecule has 2 aromatic rings. The molecule has 1 unspecified atom stereocenters. The van der Waals surface area contributed by atoms with Gasteiger partial charge in [-0.05, 0) is 36.8 Å².